The fourth-order valence-electron chi connectivity index (χ4n) is 2.86. The predicted molar refractivity (Wildman–Crippen MR) is 77.1 cm³/mol. The van der Waals surface area contributed by atoms with Crippen LogP contribution >= 0.6 is 7.60 Å². The largest absolute Gasteiger partial charge is 1.00 e. The molecule has 0 aromatic carbocycles. The predicted octanol–water partition coefficient (Wildman–Crippen LogP) is -7.41. The molecule has 2 aromatic heterocycles. The van der Waals surface area contributed by atoms with Gasteiger partial charge in [-0.05, 0) is 20.4 Å². The third-order valence-corrected chi connectivity index (χ3v) is 4.43. The molecule has 2 atom stereocenters. The molecule has 0 saturated heterocycles. The number of aromatic nitrogens is 4. The Morgan fingerprint density at radius 2 is 2.16 bits per heavy atom. The number of hydrogen-bond acceptors (Lipinski definition) is 8. The molecule has 0 spiro atoms. The van der Waals surface area contributed by atoms with Crippen molar-refractivity contribution in [3.05, 3.63) is 28.6 Å². The van der Waals surface area contributed by atoms with Gasteiger partial charge in [0.05, 0.1) is 11.9 Å². The van der Waals surface area contributed by atoms with Crippen molar-refractivity contribution in [1.82, 2.24) is 19.5 Å². The molecule has 1 aliphatic rings. The SMILES string of the molecule is Nc1nc2c(ncn2[C@H]2CC[C@@](O)(/C=C/P(=O)([O-])[O-])C2)c(=O)[nH]1.[Na+].[Na+]. The Morgan fingerprint density at radius 1 is 1.48 bits per heavy atom. The first kappa shape index (κ1) is 23.0. The Bertz CT molecular complexity index is 894. The molecule has 0 aliphatic heterocycles. The molecular formula is C12H14N5Na2O5P. The number of imidazole rings is 1. The second-order valence-corrected chi connectivity index (χ2v) is 7.01. The van der Waals surface area contributed by atoms with Crippen LogP contribution in [0, 0.1) is 0 Å². The van der Waals surface area contributed by atoms with Gasteiger partial charge in [0.25, 0.3) is 5.56 Å². The Kier molecular flexibility index (Phi) is 7.69. The molecule has 0 amide bonds. The van der Waals surface area contributed by atoms with Crippen molar-refractivity contribution in [2.45, 2.75) is 30.9 Å². The van der Waals surface area contributed by atoms with Crippen LogP contribution in [0.2, 0.25) is 0 Å². The second-order valence-electron chi connectivity index (χ2n) is 5.63. The van der Waals surface area contributed by atoms with Gasteiger partial charge in [-0.3, -0.25) is 9.78 Å². The summed E-state index contributed by atoms with van der Waals surface area (Å²) < 4.78 is 12.3. The minimum absolute atomic E-state index is 0. The summed E-state index contributed by atoms with van der Waals surface area (Å²) in [6.07, 6.45) is 3.39. The maximum atomic E-state index is 11.8. The van der Waals surface area contributed by atoms with Gasteiger partial charge in [-0.25, -0.2) is 4.98 Å². The summed E-state index contributed by atoms with van der Waals surface area (Å²) in [6.45, 7) is 0. The van der Waals surface area contributed by atoms with Gasteiger partial charge in [0.2, 0.25) is 5.95 Å². The van der Waals surface area contributed by atoms with Crippen LogP contribution in [0.1, 0.15) is 25.3 Å². The molecule has 1 saturated carbocycles. The van der Waals surface area contributed by atoms with Crippen molar-refractivity contribution in [3.8, 4) is 0 Å². The zero-order valence-electron chi connectivity index (χ0n) is 13.9. The molecule has 10 nitrogen and oxygen atoms in total. The average molecular weight is 385 g/mol. The van der Waals surface area contributed by atoms with Crippen LogP contribution in [0.3, 0.4) is 0 Å². The number of nitrogens with one attached hydrogen (secondary N) is 1. The normalized spacial score (nSPS) is 23.6. The number of anilines is 1. The topological polar surface area (TPSA) is 173 Å². The van der Waals surface area contributed by atoms with Crippen molar-refractivity contribution in [3.63, 3.8) is 0 Å². The molecular weight excluding hydrogens is 371 g/mol. The molecule has 0 unspecified atom stereocenters. The first-order valence-corrected chi connectivity index (χ1v) is 8.45. The molecule has 0 radical (unpaired) electrons. The van der Waals surface area contributed by atoms with E-state index < -0.39 is 18.8 Å². The Morgan fingerprint density at radius 3 is 2.80 bits per heavy atom. The van der Waals surface area contributed by atoms with E-state index in [1.54, 1.807) is 4.57 Å². The first-order valence-electron chi connectivity index (χ1n) is 6.84. The average Bonchev–Trinajstić information content (AvgIpc) is 3.00. The van der Waals surface area contributed by atoms with Gasteiger partial charge < -0.3 is 29.8 Å². The van der Waals surface area contributed by atoms with E-state index in [1.165, 1.54) is 6.33 Å². The molecule has 25 heavy (non-hydrogen) atoms. The van der Waals surface area contributed by atoms with Crippen LogP contribution in [0.5, 0.6) is 0 Å². The third kappa shape index (κ3) is 5.26. The van der Waals surface area contributed by atoms with E-state index in [0.717, 1.165) is 6.08 Å². The van der Waals surface area contributed by atoms with E-state index in [-0.39, 0.29) is 89.5 Å². The van der Waals surface area contributed by atoms with Gasteiger partial charge in [0.1, 0.15) is 0 Å². The molecule has 1 fully saturated rings. The third-order valence-electron chi connectivity index (χ3n) is 3.91. The summed E-state index contributed by atoms with van der Waals surface area (Å²) in [7, 11) is -4.83. The summed E-state index contributed by atoms with van der Waals surface area (Å²) in [5.74, 6) is 0.443. The van der Waals surface area contributed by atoms with Crippen molar-refractivity contribution in [2.75, 3.05) is 5.73 Å². The van der Waals surface area contributed by atoms with Gasteiger partial charge in [-0.2, -0.15) is 4.98 Å². The van der Waals surface area contributed by atoms with Crippen molar-refractivity contribution in [1.29, 1.82) is 0 Å². The monoisotopic (exact) mass is 385 g/mol. The molecule has 2 aromatic rings. The van der Waals surface area contributed by atoms with Gasteiger partial charge in [0.15, 0.2) is 11.2 Å². The first-order chi connectivity index (χ1) is 10.7. The fraction of sp³-hybridized carbons (Fsp3) is 0.417. The number of nitrogens with zero attached hydrogens (tertiary/aromatic N) is 3. The summed E-state index contributed by atoms with van der Waals surface area (Å²) in [4.78, 5) is 43.5. The van der Waals surface area contributed by atoms with Crippen molar-refractivity contribution < 1.29 is 78.6 Å². The van der Waals surface area contributed by atoms with Gasteiger partial charge >= 0.3 is 59.1 Å². The van der Waals surface area contributed by atoms with E-state index in [4.69, 9.17) is 5.73 Å². The number of hydrogen-bond donors (Lipinski definition) is 3. The van der Waals surface area contributed by atoms with Crippen molar-refractivity contribution in [2.24, 2.45) is 0 Å². The summed E-state index contributed by atoms with van der Waals surface area (Å²) in [5, 5.41) is 10.4. The quantitative estimate of drug-likeness (QED) is 0.345. The standard InChI is InChI=1S/C12H16N5O5P.2Na/c13-11-15-9-8(10(18)16-11)14-6-17(9)7-1-2-12(19,5-7)3-4-23(20,21)22;;/h3-4,6-7,19H,1-2,5H2,(H2,20,21,22)(H3,13,15,16,18);;/q;2*+1/p-2/b4-3+;;/t7-,12+;;/m0../s1. The summed E-state index contributed by atoms with van der Waals surface area (Å²) in [6, 6.07) is -0.249. The van der Waals surface area contributed by atoms with E-state index in [1.807, 2.05) is 0 Å². The molecule has 3 rings (SSSR count). The number of rotatable bonds is 3. The Hall–Kier alpha value is 0. The summed E-state index contributed by atoms with van der Waals surface area (Å²) in [5.41, 5.74) is 4.09. The molecule has 0 bridgehead atoms. The number of aromatic amines is 1. The molecule has 13 heteroatoms. The van der Waals surface area contributed by atoms with Crippen LogP contribution in [-0.2, 0) is 4.57 Å². The van der Waals surface area contributed by atoms with Crippen molar-refractivity contribution >= 4 is 24.7 Å². The van der Waals surface area contributed by atoms with Gasteiger partial charge in [-0.1, -0.05) is 11.9 Å². The number of nitrogen functional groups attached to an aromatic ring is 1. The minimum atomic E-state index is -4.83. The Balaban J connectivity index is 0.00000156. The number of aliphatic hydroxyl groups is 1. The number of H-pyrrole nitrogens is 1. The van der Waals surface area contributed by atoms with E-state index in [0.29, 0.717) is 17.9 Å². The number of fused-ring (bicyclic) bond motifs is 1. The van der Waals surface area contributed by atoms with Crippen LogP contribution in [0.25, 0.3) is 11.2 Å². The summed E-state index contributed by atoms with van der Waals surface area (Å²) >= 11 is 0. The molecule has 4 N–H and O–H groups in total. The van der Waals surface area contributed by atoms with E-state index in [2.05, 4.69) is 15.0 Å². The molecule has 124 valence electrons. The van der Waals surface area contributed by atoms with Gasteiger partial charge in [0, 0.05) is 12.5 Å². The van der Waals surface area contributed by atoms with Crippen LogP contribution in [0.4, 0.5) is 5.95 Å². The fourth-order valence-corrected chi connectivity index (χ4v) is 3.32. The van der Waals surface area contributed by atoms with Gasteiger partial charge in [-0.15, -0.1) is 0 Å². The minimum Gasteiger partial charge on any atom is -0.808 e. The van der Waals surface area contributed by atoms with E-state index in [9.17, 15) is 24.3 Å². The maximum absolute atomic E-state index is 11.8. The van der Waals surface area contributed by atoms with Crippen LogP contribution in [0.15, 0.2) is 23.0 Å². The number of nitrogens with two attached hydrogens (primary N) is 1. The second kappa shape index (κ2) is 8.35. The smallest absolute Gasteiger partial charge is 0.808 e. The Labute approximate surface area is 186 Å². The van der Waals surface area contributed by atoms with E-state index >= 15 is 0 Å². The molecule has 1 aliphatic carbocycles. The maximum Gasteiger partial charge on any atom is 1.00 e. The zero-order chi connectivity index (χ0) is 16.8. The zero-order valence-corrected chi connectivity index (χ0v) is 18.8. The van der Waals surface area contributed by atoms with Crippen LogP contribution in [-0.4, -0.2) is 30.2 Å². The molecule has 2 heterocycles. The van der Waals surface area contributed by atoms with Crippen LogP contribution < -0.4 is 80.2 Å².